The van der Waals surface area contributed by atoms with E-state index < -0.39 is 0 Å². The number of amides is 2. The van der Waals surface area contributed by atoms with Crippen molar-refractivity contribution >= 4 is 60.8 Å². The minimum absolute atomic E-state index is 0.153. The van der Waals surface area contributed by atoms with E-state index in [1.807, 2.05) is 24.3 Å². The van der Waals surface area contributed by atoms with Crippen LogP contribution in [0.4, 0.5) is 9.18 Å². The fraction of sp³-hybridized carbons (Fsp3) is 0.120. The summed E-state index contributed by atoms with van der Waals surface area (Å²) in [5.74, 6) is 0.193. The van der Waals surface area contributed by atoms with Gasteiger partial charge in [0.2, 0.25) is 0 Å². The molecule has 0 aromatic heterocycles. The molecule has 0 unspecified atom stereocenters. The summed E-state index contributed by atoms with van der Waals surface area (Å²) < 4.78 is 26.2. The van der Waals surface area contributed by atoms with Crippen molar-refractivity contribution in [2.75, 3.05) is 7.11 Å². The second-order valence-corrected chi connectivity index (χ2v) is 10.0. The second kappa shape index (κ2) is 10.8. The molecule has 1 saturated heterocycles. The molecule has 34 heavy (non-hydrogen) atoms. The molecule has 0 spiro atoms. The van der Waals surface area contributed by atoms with Gasteiger partial charge in [0.1, 0.15) is 12.4 Å². The minimum Gasteiger partial charge on any atom is -0.493 e. The second-order valence-electron chi connectivity index (χ2n) is 7.31. The predicted molar refractivity (Wildman–Crippen MR) is 137 cm³/mol. The number of nitrogens with zero attached hydrogens (tertiary/aromatic N) is 1. The number of hydrogen-bond donors (Lipinski definition) is 0. The van der Waals surface area contributed by atoms with Crippen molar-refractivity contribution in [1.82, 2.24) is 4.90 Å². The van der Waals surface area contributed by atoms with E-state index in [1.165, 1.54) is 24.1 Å². The third-order valence-corrected chi connectivity index (χ3v) is 7.25. The first-order valence-electron chi connectivity index (χ1n) is 10.1. The highest BCUT2D eigenvalue weighted by Crippen LogP contribution is 2.40. The molecule has 9 heteroatoms. The number of thioether (sulfide) groups is 1. The Morgan fingerprint density at radius 2 is 1.82 bits per heavy atom. The summed E-state index contributed by atoms with van der Waals surface area (Å²) in [6.07, 6.45) is 1.65. The van der Waals surface area contributed by atoms with E-state index >= 15 is 0 Å². The van der Waals surface area contributed by atoms with Crippen LogP contribution >= 0.6 is 43.6 Å². The molecule has 1 fully saturated rings. The molecule has 0 aliphatic carbocycles. The van der Waals surface area contributed by atoms with Gasteiger partial charge in [0.05, 0.1) is 23.0 Å². The van der Waals surface area contributed by atoms with Gasteiger partial charge in [-0.25, -0.2) is 4.39 Å². The van der Waals surface area contributed by atoms with Crippen molar-refractivity contribution < 1.29 is 23.5 Å². The first kappa shape index (κ1) is 24.5. The van der Waals surface area contributed by atoms with E-state index in [-0.39, 0.29) is 30.1 Å². The Labute approximate surface area is 217 Å². The van der Waals surface area contributed by atoms with Crippen LogP contribution in [0.2, 0.25) is 0 Å². The highest BCUT2D eigenvalue weighted by atomic mass is 79.9. The lowest BCUT2D eigenvalue weighted by Gasteiger charge is -2.14. The Morgan fingerprint density at radius 1 is 1.03 bits per heavy atom. The van der Waals surface area contributed by atoms with Crippen LogP contribution in [0.1, 0.15) is 16.7 Å². The number of benzene rings is 3. The molecule has 4 rings (SSSR count). The Balaban J connectivity index is 1.54. The van der Waals surface area contributed by atoms with Gasteiger partial charge < -0.3 is 9.47 Å². The lowest BCUT2D eigenvalue weighted by atomic mass is 10.1. The van der Waals surface area contributed by atoms with Crippen LogP contribution in [-0.4, -0.2) is 23.2 Å². The van der Waals surface area contributed by atoms with Crippen LogP contribution in [-0.2, 0) is 17.9 Å². The molecule has 0 atom stereocenters. The summed E-state index contributed by atoms with van der Waals surface area (Å²) >= 11 is 7.83. The van der Waals surface area contributed by atoms with Crippen LogP contribution in [0.15, 0.2) is 74.5 Å². The lowest BCUT2D eigenvalue weighted by Crippen LogP contribution is -2.27. The van der Waals surface area contributed by atoms with E-state index in [4.69, 9.17) is 9.47 Å². The Hall–Kier alpha value is -2.62. The largest absolute Gasteiger partial charge is 0.493 e. The van der Waals surface area contributed by atoms with Crippen LogP contribution in [0.5, 0.6) is 11.5 Å². The van der Waals surface area contributed by atoms with E-state index in [9.17, 15) is 14.0 Å². The topological polar surface area (TPSA) is 55.8 Å². The van der Waals surface area contributed by atoms with Gasteiger partial charge in [-0.3, -0.25) is 14.5 Å². The number of carbonyl (C=O) groups is 2. The minimum atomic E-state index is -0.354. The van der Waals surface area contributed by atoms with Gasteiger partial charge in [-0.15, -0.1) is 0 Å². The number of halogens is 3. The summed E-state index contributed by atoms with van der Waals surface area (Å²) in [5.41, 5.74) is 2.18. The van der Waals surface area contributed by atoms with Crippen LogP contribution in [0, 0.1) is 5.82 Å². The van der Waals surface area contributed by atoms with Gasteiger partial charge in [0.25, 0.3) is 11.1 Å². The molecule has 174 valence electrons. The monoisotopic (exact) mass is 605 g/mol. The van der Waals surface area contributed by atoms with Crippen molar-refractivity contribution in [3.63, 3.8) is 0 Å². The van der Waals surface area contributed by atoms with Crippen LogP contribution in [0.25, 0.3) is 6.08 Å². The summed E-state index contributed by atoms with van der Waals surface area (Å²) in [6.45, 7) is 0.337. The molecule has 1 aliphatic rings. The third kappa shape index (κ3) is 5.54. The molecule has 3 aromatic rings. The van der Waals surface area contributed by atoms with Crippen LogP contribution in [0.3, 0.4) is 0 Å². The van der Waals surface area contributed by atoms with Crippen molar-refractivity contribution in [1.29, 1.82) is 0 Å². The first-order valence-corrected chi connectivity index (χ1v) is 12.5. The molecular formula is C25H18Br2FNO4S. The maximum atomic E-state index is 13.4. The molecule has 0 radical (unpaired) electrons. The lowest BCUT2D eigenvalue weighted by molar-refractivity contribution is -0.123. The quantitative estimate of drug-likeness (QED) is 0.267. The van der Waals surface area contributed by atoms with Gasteiger partial charge >= 0.3 is 0 Å². The molecule has 1 heterocycles. The number of imide groups is 1. The molecule has 1 aliphatic heterocycles. The average molecular weight is 607 g/mol. The summed E-state index contributed by atoms with van der Waals surface area (Å²) in [5, 5.41) is -0.326. The number of ether oxygens (including phenoxy) is 2. The summed E-state index contributed by atoms with van der Waals surface area (Å²) in [4.78, 5) is 27.0. The molecule has 5 nitrogen and oxygen atoms in total. The highest BCUT2D eigenvalue weighted by molar-refractivity contribution is 9.10. The molecule has 0 bridgehead atoms. The van der Waals surface area contributed by atoms with Gasteiger partial charge in [0, 0.05) is 4.47 Å². The molecular weight excluding hydrogens is 589 g/mol. The Kier molecular flexibility index (Phi) is 7.75. The van der Waals surface area contributed by atoms with Gasteiger partial charge in [-0.05, 0) is 80.8 Å². The zero-order valence-electron chi connectivity index (χ0n) is 17.9. The summed E-state index contributed by atoms with van der Waals surface area (Å²) in [7, 11) is 1.51. The fourth-order valence-corrected chi connectivity index (χ4v) is 5.15. The SMILES string of the molecule is COc1cc(/C=C2/SC(=O)N(Cc3ccccc3Br)C2=O)cc(Br)c1OCc1cccc(F)c1. The zero-order chi connectivity index (χ0) is 24.2. The predicted octanol–water partition coefficient (Wildman–Crippen LogP) is 7.17. The van der Waals surface area contributed by atoms with Crippen molar-refractivity contribution in [2.24, 2.45) is 0 Å². The standard InChI is InChI=1S/C25H18Br2FNO4S/c1-32-21-11-16(10-20(27)23(21)33-14-15-5-4-7-18(28)9-15)12-22-24(30)29(25(31)34-22)13-17-6-2-3-8-19(17)26/h2-12H,13-14H2,1H3/b22-12+. The first-order chi connectivity index (χ1) is 16.4. The highest BCUT2D eigenvalue weighted by Gasteiger charge is 2.35. The zero-order valence-corrected chi connectivity index (χ0v) is 21.9. The number of methoxy groups -OCH3 is 1. The normalized spacial score (nSPS) is 14.7. The number of hydrogen-bond acceptors (Lipinski definition) is 5. The van der Waals surface area contributed by atoms with E-state index in [2.05, 4.69) is 31.9 Å². The Morgan fingerprint density at radius 3 is 2.56 bits per heavy atom. The summed E-state index contributed by atoms with van der Waals surface area (Å²) in [6, 6.07) is 17.1. The Bertz CT molecular complexity index is 1300. The van der Waals surface area contributed by atoms with Gasteiger partial charge in [-0.1, -0.05) is 46.3 Å². The molecule has 0 N–H and O–H groups in total. The number of carbonyl (C=O) groups excluding carboxylic acids is 2. The van der Waals surface area contributed by atoms with Crippen molar-refractivity contribution in [2.45, 2.75) is 13.2 Å². The van der Waals surface area contributed by atoms with Crippen LogP contribution < -0.4 is 9.47 Å². The fourth-order valence-electron chi connectivity index (χ4n) is 3.33. The number of rotatable bonds is 7. The van der Waals surface area contributed by atoms with E-state index in [1.54, 1.807) is 30.3 Å². The van der Waals surface area contributed by atoms with Gasteiger partial charge in [0.15, 0.2) is 11.5 Å². The van der Waals surface area contributed by atoms with E-state index in [0.717, 1.165) is 21.8 Å². The smallest absolute Gasteiger partial charge is 0.293 e. The van der Waals surface area contributed by atoms with Crippen molar-refractivity contribution in [3.8, 4) is 11.5 Å². The molecule has 0 saturated carbocycles. The van der Waals surface area contributed by atoms with E-state index in [0.29, 0.717) is 32.0 Å². The average Bonchev–Trinajstić information content (AvgIpc) is 3.06. The van der Waals surface area contributed by atoms with Crippen molar-refractivity contribution in [3.05, 3.63) is 97.0 Å². The maximum Gasteiger partial charge on any atom is 0.293 e. The van der Waals surface area contributed by atoms with Gasteiger partial charge in [-0.2, -0.15) is 0 Å². The maximum absolute atomic E-state index is 13.4. The molecule has 3 aromatic carbocycles. The molecule has 2 amide bonds. The third-order valence-electron chi connectivity index (χ3n) is 4.98.